The highest BCUT2D eigenvalue weighted by Gasteiger charge is 2.18. The van der Waals surface area contributed by atoms with E-state index in [0.717, 1.165) is 6.07 Å². The summed E-state index contributed by atoms with van der Waals surface area (Å²) in [5.41, 5.74) is 6.00. The number of halogens is 2. The highest BCUT2D eigenvalue weighted by Crippen LogP contribution is 2.29. The molecular formula is C13H14F2N2O. The maximum Gasteiger partial charge on any atom is 0.184 e. The van der Waals surface area contributed by atoms with Crippen LogP contribution in [0.2, 0.25) is 0 Å². The first-order valence-electron chi connectivity index (χ1n) is 5.64. The third-order valence-electron chi connectivity index (χ3n) is 2.72. The molecule has 0 unspecified atom stereocenters. The van der Waals surface area contributed by atoms with Gasteiger partial charge in [-0.05, 0) is 31.2 Å². The van der Waals surface area contributed by atoms with E-state index in [4.69, 9.17) is 10.2 Å². The molecule has 1 aromatic heterocycles. The number of hydrogen-bond acceptors (Lipinski definition) is 3. The number of furan rings is 1. The molecule has 0 saturated heterocycles. The van der Waals surface area contributed by atoms with Crippen LogP contribution in [0.25, 0.3) is 0 Å². The quantitative estimate of drug-likeness (QED) is 0.850. The lowest BCUT2D eigenvalue weighted by atomic mass is 10.2. The maximum atomic E-state index is 13.8. The Labute approximate surface area is 104 Å². The molecule has 0 aliphatic carbocycles. The monoisotopic (exact) mass is 252 g/mol. The minimum absolute atomic E-state index is 0.0777. The Balaban J connectivity index is 2.35. The van der Waals surface area contributed by atoms with Gasteiger partial charge in [0.05, 0.1) is 24.2 Å². The molecule has 2 rings (SSSR count). The average Bonchev–Trinajstić information content (AvgIpc) is 2.86. The van der Waals surface area contributed by atoms with Crippen LogP contribution >= 0.6 is 0 Å². The van der Waals surface area contributed by atoms with Crippen molar-refractivity contribution in [2.45, 2.75) is 13.5 Å². The minimum atomic E-state index is -0.927. The first-order chi connectivity index (χ1) is 8.63. The van der Waals surface area contributed by atoms with Gasteiger partial charge in [-0.25, -0.2) is 8.78 Å². The molecule has 0 aliphatic rings. The fourth-order valence-electron chi connectivity index (χ4n) is 1.82. The van der Waals surface area contributed by atoms with E-state index >= 15 is 0 Å². The fourth-order valence-corrected chi connectivity index (χ4v) is 1.82. The number of hydrogen-bond donors (Lipinski definition) is 1. The smallest absolute Gasteiger partial charge is 0.184 e. The Morgan fingerprint density at radius 1 is 1.28 bits per heavy atom. The maximum absolute atomic E-state index is 13.8. The fraction of sp³-hybridized carbons (Fsp3) is 0.231. The van der Waals surface area contributed by atoms with Crippen molar-refractivity contribution in [1.29, 1.82) is 0 Å². The van der Waals surface area contributed by atoms with Gasteiger partial charge in [-0.15, -0.1) is 0 Å². The van der Waals surface area contributed by atoms with Crippen molar-refractivity contribution in [3.05, 3.63) is 47.9 Å². The predicted octanol–water partition coefficient (Wildman–Crippen LogP) is 3.17. The molecule has 0 aliphatic heterocycles. The Hall–Kier alpha value is -2.04. The van der Waals surface area contributed by atoms with E-state index in [2.05, 4.69) is 0 Å². The Kier molecular flexibility index (Phi) is 3.50. The number of anilines is 2. The molecule has 96 valence electrons. The lowest BCUT2D eigenvalue weighted by Gasteiger charge is -2.24. The summed E-state index contributed by atoms with van der Waals surface area (Å²) in [7, 11) is 0. The van der Waals surface area contributed by atoms with Crippen LogP contribution in [0.15, 0.2) is 34.9 Å². The van der Waals surface area contributed by atoms with Crippen molar-refractivity contribution in [1.82, 2.24) is 0 Å². The van der Waals surface area contributed by atoms with Crippen LogP contribution in [-0.4, -0.2) is 6.54 Å². The molecule has 0 spiro atoms. The molecule has 2 N–H and O–H groups in total. The number of benzene rings is 1. The largest absolute Gasteiger partial charge is 0.467 e. The highest BCUT2D eigenvalue weighted by molar-refractivity contribution is 5.68. The van der Waals surface area contributed by atoms with E-state index in [9.17, 15) is 8.78 Å². The van der Waals surface area contributed by atoms with Crippen LogP contribution in [-0.2, 0) is 6.54 Å². The molecule has 0 bridgehead atoms. The van der Waals surface area contributed by atoms with E-state index in [0.29, 0.717) is 18.8 Å². The number of nitrogens with zero attached hydrogens (tertiary/aromatic N) is 1. The molecule has 1 aromatic carbocycles. The SMILES string of the molecule is CCN(Cc1ccco1)c1c(N)ccc(F)c1F. The van der Waals surface area contributed by atoms with E-state index in [1.807, 2.05) is 6.92 Å². The summed E-state index contributed by atoms with van der Waals surface area (Å²) in [6.45, 7) is 2.67. The molecule has 0 atom stereocenters. The molecule has 5 heteroatoms. The third-order valence-corrected chi connectivity index (χ3v) is 2.72. The second-order valence-corrected chi connectivity index (χ2v) is 3.89. The molecule has 0 amide bonds. The van der Waals surface area contributed by atoms with Gasteiger partial charge in [0.25, 0.3) is 0 Å². The van der Waals surface area contributed by atoms with Gasteiger partial charge in [0.2, 0.25) is 0 Å². The van der Waals surface area contributed by atoms with Crippen molar-refractivity contribution in [3.8, 4) is 0 Å². The lowest BCUT2D eigenvalue weighted by Crippen LogP contribution is -2.24. The molecule has 1 heterocycles. The average molecular weight is 252 g/mol. The van der Waals surface area contributed by atoms with Gasteiger partial charge < -0.3 is 15.1 Å². The van der Waals surface area contributed by atoms with Crippen molar-refractivity contribution in [2.24, 2.45) is 0 Å². The Morgan fingerprint density at radius 2 is 2.06 bits per heavy atom. The molecule has 0 radical (unpaired) electrons. The molecule has 3 nitrogen and oxygen atoms in total. The Bertz CT molecular complexity index is 526. The van der Waals surface area contributed by atoms with Gasteiger partial charge in [0, 0.05) is 6.54 Å². The zero-order chi connectivity index (χ0) is 13.1. The van der Waals surface area contributed by atoms with Gasteiger partial charge >= 0.3 is 0 Å². The van der Waals surface area contributed by atoms with E-state index in [-0.39, 0.29) is 11.4 Å². The minimum Gasteiger partial charge on any atom is -0.467 e. The van der Waals surface area contributed by atoms with Gasteiger partial charge in [-0.2, -0.15) is 0 Å². The summed E-state index contributed by atoms with van der Waals surface area (Å²) in [6.07, 6.45) is 1.54. The van der Waals surface area contributed by atoms with Crippen molar-refractivity contribution >= 4 is 11.4 Å². The van der Waals surface area contributed by atoms with Crippen molar-refractivity contribution in [2.75, 3.05) is 17.2 Å². The number of rotatable bonds is 4. The van der Waals surface area contributed by atoms with Crippen molar-refractivity contribution in [3.63, 3.8) is 0 Å². The standard InChI is InChI=1S/C13H14F2N2O/c1-2-17(8-9-4-3-7-18-9)13-11(16)6-5-10(14)12(13)15/h3-7H,2,8,16H2,1H3. The molecular weight excluding hydrogens is 238 g/mol. The normalized spacial score (nSPS) is 10.6. The predicted molar refractivity (Wildman–Crippen MR) is 66.2 cm³/mol. The second kappa shape index (κ2) is 5.08. The second-order valence-electron chi connectivity index (χ2n) is 3.89. The first kappa shape index (κ1) is 12.4. The molecule has 2 aromatic rings. The van der Waals surface area contributed by atoms with Crippen LogP contribution in [0.3, 0.4) is 0 Å². The molecule has 0 saturated carbocycles. The molecule has 0 fully saturated rings. The van der Waals surface area contributed by atoms with E-state index in [1.165, 1.54) is 12.3 Å². The van der Waals surface area contributed by atoms with E-state index in [1.54, 1.807) is 17.0 Å². The van der Waals surface area contributed by atoms with Gasteiger partial charge in [-0.3, -0.25) is 0 Å². The van der Waals surface area contributed by atoms with Gasteiger partial charge in [0.1, 0.15) is 5.76 Å². The summed E-state index contributed by atoms with van der Waals surface area (Å²) in [6, 6.07) is 5.90. The summed E-state index contributed by atoms with van der Waals surface area (Å²) in [5, 5.41) is 0. The van der Waals surface area contributed by atoms with Crippen LogP contribution in [0.5, 0.6) is 0 Å². The Morgan fingerprint density at radius 3 is 2.67 bits per heavy atom. The van der Waals surface area contributed by atoms with Crippen LogP contribution in [0.1, 0.15) is 12.7 Å². The van der Waals surface area contributed by atoms with Crippen LogP contribution < -0.4 is 10.6 Å². The lowest BCUT2D eigenvalue weighted by molar-refractivity contribution is 0.490. The van der Waals surface area contributed by atoms with Crippen molar-refractivity contribution < 1.29 is 13.2 Å². The summed E-state index contributed by atoms with van der Waals surface area (Å²) in [5.74, 6) is -1.17. The zero-order valence-electron chi connectivity index (χ0n) is 9.99. The summed E-state index contributed by atoms with van der Waals surface area (Å²) >= 11 is 0. The third kappa shape index (κ3) is 2.30. The summed E-state index contributed by atoms with van der Waals surface area (Å²) in [4.78, 5) is 1.63. The number of nitrogen functional groups attached to an aromatic ring is 1. The number of nitrogens with two attached hydrogens (primary N) is 1. The van der Waals surface area contributed by atoms with Crippen LogP contribution in [0, 0.1) is 11.6 Å². The highest BCUT2D eigenvalue weighted by atomic mass is 19.2. The topological polar surface area (TPSA) is 42.4 Å². The van der Waals surface area contributed by atoms with E-state index < -0.39 is 11.6 Å². The first-order valence-corrected chi connectivity index (χ1v) is 5.64. The van der Waals surface area contributed by atoms with Gasteiger partial charge in [0.15, 0.2) is 11.6 Å². The summed E-state index contributed by atoms with van der Waals surface area (Å²) < 4.78 is 32.3. The van der Waals surface area contributed by atoms with Gasteiger partial charge in [-0.1, -0.05) is 0 Å². The van der Waals surface area contributed by atoms with Crippen LogP contribution in [0.4, 0.5) is 20.2 Å². The molecule has 18 heavy (non-hydrogen) atoms. The zero-order valence-corrected chi connectivity index (χ0v) is 9.99.